The van der Waals surface area contributed by atoms with Crippen molar-refractivity contribution in [1.82, 2.24) is 15.1 Å². The second-order valence-corrected chi connectivity index (χ2v) is 10.1. The molecule has 1 aliphatic heterocycles. The number of hydrogen-bond acceptors (Lipinski definition) is 4. The monoisotopic (exact) mass is 543 g/mol. The summed E-state index contributed by atoms with van der Waals surface area (Å²) in [7, 11) is 0. The van der Waals surface area contributed by atoms with Gasteiger partial charge in [0.1, 0.15) is 18.6 Å². The second kappa shape index (κ2) is 12.3. The Bertz CT molecular complexity index is 1230. The molecule has 3 rings (SSSR count). The van der Waals surface area contributed by atoms with Gasteiger partial charge in [0.2, 0.25) is 11.8 Å². The Balaban J connectivity index is 1.97. The van der Waals surface area contributed by atoms with Crippen molar-refractivity contribution in [1.29, 1.82) is 0 Å². The summed E-state index contributed by atoms with van der Waals surface area (Å²) >= 11 is 0. The molecule has 2 atom stereocenters. The second-order valence-electron chi connectivity index (χ2n) is 10.1. The van der Waals surface area contributed by atoms with Crippen LogP contribution in [0.3, 0.4) is 0 Å². The van der Waals surface area contributed by atoms with Gasteiger partial charge in [-0.3, -0.25) is 24.1 Å². The number of benzene rings is 2. The van der Waals surface area contributed by atoms with E-state index in [1.54, 1.807) is 88.4 Å². The quantitative estimate of drug-likeness (QED) is 0.514. The van der Waals surface area contributed by atoms with E-state index in [9.17, 15) is 32.3 Å². The van der Waals surface area contributed by atoms with Gasteiger partial charge in [0.25, 0.3) is 11.7 Å². The Morgan fingerprint density at radius 2 is 1.49 bits per heavy atom. The fraction of sp³-hybridized carbons (Fsp3) is 0.379. The maximum absolute atomic E-state index is 13.8. The van der Waals surface area contributed by atoms with Gasteiger partial charge in [0.15, 0.2) is 0 Å². The summed E-state index contributed by atoms with van der Waals surface area (Å²) in [4.78, 5) is 54.7. The predicted molar refractivity (Wildman–Crippen MR) is 140 cm³/mol. The van der Waals surface area contributed by atoms with E-state index in [0.717, 1.165) is 4.90 Å². The molecule has 10 heteroatoms. The lowest BCUT2D eigenvalue weighted by Gasteiger charge is -2.41. The van der Waals surface area contributed by atoms with Crippen molar-refractivity contribution in [3.63, 3.8) is 0 Å². The minimum absolute atomic E-state index is 0.253. The van der Waals surface area contributed by atoms with Gasteiger partial charge in [-0.2, -0.15) is 13.2 Å². The zero-order valence-corrected chi connectivity index (χ0v) is 22.2. The highest BCUT2D eigenvalue weighted by Gasteiger charge is 2.45. The summed E-state index contributed by atoms with van der Waals surface area (Å²) < 4.78 is 40.1. The molecule has 0 unspecified atom stereocenters. The number of amides is 3. The molecule has 39 heavy (non-hydrogen) atoms. The number of Topliss-reactive ketones (excluding diaryl/α,β-unsaturated/α-hetero) is 1. The molecule has 2 aromatic carbocycles. The first-order valence-electron chi connectivity index (χ1n) is 12.7. The number of alkyl halides is 3. The lowest BCUT2D eigenvalue weighted by Crippen LogP contribution is -2.58. The van der Waals surface area contributed by atoms with Crippen LogP contribution >= 0.6 is 0 Å². The molecule has 0 fully saturated rings. The molecule has 0 saturated heterocycles. The molecular formula is C29H32F3N3O4. The summed E-state index contributed by atoms with van der Waals surface area (Å²) in [5.41, 5.74) is 1.22. The highest BCUT2D eigenvalue weighted by molar-refractivity contribution is 6.00. The molecule has 0 aliphatic carbocycles. The van der Waals surface area contributed by atoms with E-state index in [1.807, 2.05) is 0 Å². The Kier molecular flexibility index (Phi) is 9.32. The minimum atomic E-state index is -5.16. The largest absolute Gasteiger partial charge is 0.452 e. The first-order valence-corrected chi connectivity index (χ1v) is 12.7. The predicted octanol–water partition coefficient (Wildman–Crippen LogP) is 4.20. The normalized spacial score (nSPS) is 16.8. The molecule has 1 aliphatic rings. The van der Waals surface area contributed by atoms with Gasteiger partial charge in [-0.15, -0.1) is 0 Å². The van der Waals surface area contributed by atoms with Gasteiger partial charge >= 0.3 is 6.18 Å². The van der Waals surface area contributed by atoms with E-state index in [1.165, 1.54) is 11.1 Å². The van der Waals surface area contributed by atoms with E-state index in [-0.39, 0.29) is 23.9 Å². The van der Waals surface area contributed by atoms with Crippen molar-refractivity contribution in [2.75, 3.05) is 6.54 Å². The molecule has 208 valence electrons. The van der Waals surface area contributed by atoms with E-state index in [4.69, 9.17) is 0 Å². The summed E-state index contributed by atoms with van der Waals surface area (Å²) in [6.45, 7) is 6.32. The van der Waals surface area contributed by atoms with Crippen LogP contribution < -0.4 is 5.32 Å². The summed E-state index contributed by atoms with van der Waals surface area (Å²) in [5, 5.41) is 2.20. The average molecular weight is 544 g/mol. The van der Waals surface area contributed by atoms with Gasteiger partial charge in [-0.25, -0.2) is 0 Å². The SMILES string of the molecule is CC(C)C(=O)N1C=C(c2ccccc2)N(CC(=O)N[C@@H](Cc2ccccc2)C(=O)C(F)(F)F)C(=O)[C@H]1C(C)C. The maximum atomic E-state index is 13.8. The molecule has 1 N–H and O–H groups in total. The van der Waals surface area contributed by atoms with Crippen LogP contribution in [0.25, 0.3) is 5.70 Å². The molecule has 2 aromatic rings. The minimum Gasteiger partial charge on any atom is -0.344 e. The first kappa shape index (κ1) is 29.6. The van der Waals surface area contributed by atoms with Crippen LogP contribution in [-0.4, -0.2) is 58.1 Å². The number of rotatable bonds is 9. The smallest absolute Gasteiger partial charge is 0.344 e. The van der Waals surface area contributed by atoms with Crippen LogP contribution in [0.5, 0.6) is 0 Å². The molecular weight excluding hydrogens is 511 g/mol. The molecule has 0 saturated carbocycles. The number of hydrogen-bond donors (Lipinski definition) is 1. The zero-order valence-electron chi connectivity index (χ0n) is 22.2. The van der Waals surface area contributed by atoms with Crippen LogP contribution in [0.1, 0.15) is 38.8 Å². The summed E-state index contributed by atoms with van der Waals surface area (Å²) in [5.74, 6) is -4.58. The van der Waals surface area contributed by atoms with Gasteiger partial charge in [0, 0.05) is 18.5 Å². The fourth-order valence-corrected chi connectivity index (χ4v) is 4.43. The van der Waals surface area contributed by atoms with Crippen molar-refractivity contribution < 1.29 is 32.3 Å². The Morgan fingerprint density at radius 1 is 0.923 bits per heavy atom. The highest BCUT2D eigenvalue weighted by atomic mass is 19.4. The number of carbonyl (C=O) groups is 4. The van der Waals surface area contributed by atoms with E-state index < -0.39 is 48.3 Å². The third kappa shape index (κ3) is 7.13. The maximum Gasteiger partial charge on any atom is 0.452 e. The Hall–Kier alpha value is -3.95. The third-order valence-corrected chi connectivity index (χ3v) is 6.34. The molecule has 0 radical (unpaired) electrons. The number of nitrogens with one attached hydrogen (secondary N) is 1. The van der Waals surface area contributed by atoms with Crippen molar-refractivity contribution in [2.45, 2.75) is 52.4 Å². The van der Waals surface area contributed by atoms with Gasteiger partial charge in [-0.1, -0.05) is 88.4 Å². The summed E-state index contributed by atoms with van der Waals surface area (Å²) in [6, 6.07) is 13.8. The standard InChI is InChI=1S/C29H32F3N3O4/c1-18(2)25-28(39)34(23(21-13-9-6-10-14-21)16-35(25)27(38)19(3)4)17-24(36)33-22(26(37)29(30,31)32)15-20-11-7-5-8-12-20/h5-14,16,18-19,22,25H,15,17H2,1-4H3,(H,33,36)/t22-,25+/m0/s1. The fourth-order valence-electron chi connectivity index (χ4n) is 4.43. The lowest BCUT2D eigenvalue weighted by atomic mass is 9.95. The van der Waals surface area contributed by atoms with Crippen LogP contribution in [0.2, 0.25) is 0 Å². The number of ketones is 1. The molecule has 0 aromatic heterocycles. The molecule has 1 heterocycles. The topological polar surface area (TPSA) is 86.8 Å². The van der Waals surface area contributed by atoms with Crippen molar-refractivity contribution in [3.05, 3.63) is 78.0 Å². The van der Waals surface area contributed by atoms with Gasteiger partial charge < -0.3 is 10.2 Å². The van der Waals surface area contributed by atoms with Crippen molar-refractivity contribution in [3.8, 4) is 0 Å². The molecule has 3 amide bonds. The van der Waals surface area contributed by atoms with Gasteiger partial charge in [-0.05, 0) is 17.0 Å². The number of halogens is 3. The number of nitrogens with zero attached hydrogens (tertiary/aromatic N) is 2. The van der Waals surface area contributed by atoms with Gasteiger partial charge in [0.05, 0.1) is 5.70 Å². The number of carbonyl (C=O) groups excluding carboxylic acids is 4. The molecule has 0 bridgehead atoms. The van der Waals surface area contributed by atoms with E-state index in [0.29, 0.717) is 11.1 Å². The van der Waals surface area contributed by atoms with Crippen LogP contribution in [0, 0.1) is 11.8 Å². The van der Waals surface area contributed by atoms with Crippen LogP contribution in [-0.2, 0) is 25.6 Å². The first-order chi connectivity index (χ1) is 18.3. The highest BCUT2D eigenvalue weighted by Crippen LogP contribution is 2.31. The van der Waals surface area contributed by atoms with Crippen molar-refractivity contribution >= 4 is 29.2 Å². The third-order valence-electron chi connectivity index (χ3n) is 6.34. The van der Waals surface area contributed by atoms with Crippen molar-refractivity contribution in [2.24, 2.45) is 11.8 Å². The van der Waals surface area contributed by atoms with Crippen LogP contribution in [0.4, 0.5) is 13.2 Å². The zero-order chi connectivity index (χ0) is 28.9. The summed E-state index contributed by atoms with van der Waals surface area (Å²) in [6.07, 6.45) is -4.02. The molecule has 0 spiro atoms. The Morgan fingerprint density at radius 3 is 2.00 bits per heavy atom. The average Bonchev–Trinajstić information content (AvgIpc) is 2.88. The Labute approximate surface area is 225 Å². The van der Waals surface area contributed by atoms with E-state index in [2.05, 4.69) is 5.32 Å². The molecule has 7 nitrogen and oxygen atoms in total. The van der Waals surface area contributed by atoms with Crippen LogP contribution in [0.15, 0.2) is 66.9 Å². The van der Waals surface area contributed by atoms with E-state index >= 15 is 0 Å². The lowest BCUT2D eigenvalue weighted by molar-refractivity contribution is -0.173.